The SMILES string of the molecule is CCCC(OC(=O)c1ccc(N)cc1F)C(=O)OCC. The lowest BCUT2D eigenvalue weighted by Gasteiger charge is -2.16. The first kappa shape index (κ1) is 15.9. The summed E-state index contributed by atoms with van der Waals surface area (Å²) in [5.41, 5.74) is 5.34. The van der Waals surface area contributed by atoms with Crippen molar-refractivity contribution in [2.24, 2.45) is 0 Å². The smallest absolute Gasteiger partial charge is 0.347 e. The molecule has 0 saturated carbocycles. The lowest BCUT2D eigenvalue weighted by Crippen LogP contribution is -2.29. The molecule has 1 aromatic rings. The van der Waals surface area contributed by atoms with E-state index in [2.05, 4.69) is 0 Å². The Kier molecular flexibility index (Phi) is 5.96. The van der Waals surface area contributed by atoms with Crippen molar-refractivity contribution in [3.8, 4) is 0 Å². The molecule has 1 aromatic carbocycles. The van der Waals surface area contributed by atoms with Gasteiger partial charge in [-0.1, -0.05) is 13.3 Å². The zero-order chi connectivity index (χ0) is 15.1. The minimum absolute atomic E-state index is 0.187. The van der Waals surface area contributed by atoms with Crippen LogP contribution in [-0.4, -0.2) is 24.6 Å². The highest BCUT2D eigenvalue weighted by Gasteiger charge is 2.25. The van der Waals surface area contributed by atoms with E-state index in [1.54, 1.807) is 6.92 Å². The van der Waals surface area contributed by atoms with Crippen molar-refractivity contribution in [2.45, 2.75) is 32.8 Å². The second kappa shape index (κ2) is 7.47. The van der Waals surface area contributed by atoms with E-state index < -0.39 is 23.9 Å². The van der Waals surface area contributed by atoms with Crippen molar-refractivity contribution in [3.05, 3.63) is 29.6 Å². The summed E-state index contributed by atoms with van der Waals surface area (Å²) in [5.74, 6) is -2.32. The molecule has 5 nitrogen and oxygen atoms in total. The van der Waals surface area contributed by atoms with Gasteiger partial charge in [-0.3, -0.25) is 0 Å². The van der Waals surface area contributed by atoms with Crippen LogP contribution in [0.1, 0.15) is 37.0 Å². The molecule has 0 spiro atoms. The van der Waals surface area contributed by atoms with E-state index in [4.69, 9.17) is 15.2 Å². The summed E-state index contributed by atoms with van der Waals surface area (Å²) < 4.78 is 23.4. The maximum Gasteiger partial charge on any atom is 0.347 e. The Morgan fingerprint density at radius 3 is 2.60 bits per heavy atom. The van der Waals surface area contributed by atoms with E-state index in [0.717, 1.165) is 6.07 Å². The molecule has 0 amide bonds. The molecule has 0 heterocycles. The van der Waals surface area contributed by atoms with Gasteiger partial charge in [-0.2, -0.15) is 0 Å². The van der Waals surface area contributed by atoms with Gasteiger partial charge in [0.2, 0.25) is 0 Å². The number of rotatable bonds is 6. The topological polar surface area (TPSA) is 78.6 Å². The van der Waals surface area contributed by atoms with Crippen LogP contribution in [0.3, 0.4) is 0 Å². The van der Waals surface area contributed by atoms with Gasteiger partial charge in [-0.05, 0) is 31.5 Å². The quantitative estimate of drug-likeness (QED) is 0.640. The lowest BCUT2D eigenvalue weighted by atomic mass is 10.2. The Morgan fingerprint density at radius 2 is 2.05 bits per heavy atom. The number of carbonyl (C=O) groups excluding carboxylic acids is 2. The molecule has 0 radical (unpaired) electrons. The van der Waals surface area contributed by atoms with Gasteiger partial charge in [0.15, 0.2) is 6.10 Å². The van der Waals surface area contributed by atoms with Crippen LogP contribution in [0.4, 0.5) is 10.1 Å². The van der Waals surface area contributed by atoms with E-state index in [-0.39, 0.29) is 17.9 Å². The largest absolute Gasteiger partial charge is 0.463 e. The van der Waals surface area contributed by atoms with E-state index >= 15 is 0 Å². The molecule has 0 aliphatic heterocycles. The number of anilines is 1. The summed E-state index contributed by atoms with van der Waals surface area (Å²) in [6, 6.07) is 3.63. The number of hydrogen-bond donors (Lipinski definition) is 1. The summed E-state index contributed by atoms with van der Waals surface area (Å²) in [7, 11) is 0. The number of nitrogens with two attached hydrogens (primary N) is 1. The maximum atomic E-state index is 13.6. The molecule has 1 unspecified atom stereocenters. The molecule has 0 fully saturated rings. The highest BCUT2D eigenvalue weighted by atomic mass is 19.1. The van der Waals surface area contributed by atoms with Crippen LogP contribution in [0.2, 0.25) is 0 Å². The molecule has 0 saturated heterocycles. The third-order valence-corrected chi connectivity index (χ3v) is 2.56. The van der Waals surface area contributed by atoms with Crippen LogP contribution in [0, 0.1) is 5.82 Å². The van der Waals surface area contributed by atoms with E-state index in [0.29, 0.717) is 12.8 Å². The Morgan fingerprint density at radius 1 is 1.35 bits per heavy atom. The molecule has 1 atom stereocenters. The van der Waals surface area contributed by atoms with Gasteiger partial charge < -0.3 is 15.2 Å². The lowest BCUT2D eigenvalue weighted by molar-refractivity contribution is -0.153. The number of nitrogen functional groups attached to an aromatic ring is 1. The average molecular weight is 283 g/mol. The number of ether oxygens (including phenoxy) is 2. The number of esters is 2. The van der Waals surface area contributed by atoms with Gasteiger partial charge in [0.05, 0.1) is 12.2 Å². The maximum absolute atomic E-state index is 13.6. The van der Waals surface area contributed by atoms with Crippen molar-refractivity contribution >= 4 is 17.6 Å². The minimum atomic E-state index is -1.02. The molecule has 110 valence electrons. The van der Waals surface area contributed by atoms with Gasteiger partial charge in [0, 0.05) is 5.69 Å². The molecule has 0 aromatic heterocycles. The van der Waals surface area contributed by atoms with Gasteiger partial charge in [-0.15, -0.1) is 0 Å². The van der Waals surface area contributed by atoms with Crippen molar-refractivity contribution in [1.29, 1.82) is 0 Å². The van der Waals surface area contributed by atoms with Crippen LogP contribution in [0.15, 0.2) is 18.2 Å². The summed E-state index contributed by atoms with van der Waals surface area (Å²) in [5, 5.41) is 0. The van der Waals surface area contributed by atoms with Crippen LogP contribution < -0.4 is 5.73 Å². The summed E-state index contributed by atoms with van der Waals surface area (Å²) in [6.45, 7) is 3.68. The highest BCUT2D eigenvalue weighted by molar-refractivity contribution is 5.92. The van der Waals surface area contributed by atoms with Crippen LogP contribution >= 0.6 is 0 Å². The third kappa shape index (κ3) is 4.22. The van der Waals surface area contributed by atoms with Crippen LogP contribution in [0.25, 0.3) is 0 Å². The van der Waals surface area contributed by atoms with Gasteiger partial charge in [0.1, 0.15) is 5.82 Å². The van der Waals surface area contributed by atoms with E-state index in [1.165, 1.54) is 12.1 Å². The molecular formula is C14H18FNO4. The molecule has 0 aliphatic rings. The Labute approximate surface area is 116 Å². The standard InChI is InChI=1S/C14H18FNO4/c1-3-5-12(14(18)19-4-2)20-13(17)10-7-6-9(16)8-11(10)15/h6-8,12H,3-5,16H2,1-2H3. The second-order valence-electron chi connectivity index (χ2n) is 4.17. The predicted octanol–water partition coefficient (Wildman–Crippen LogP) is 2.30. The van der Waals surface area contributed by atoms with E-state index in [9.17, 15) is 14.0 Å². The number of carbonyl (C=O) groups is 2. The van der Waals surface area contributed by atoms with Crippen LogP contribution in [0.5, 0.6) is 0 Å². The zero-order valence-corrected chi connectivity index (χ0v) is 11.5. The fraction of sp³-hybridized carbons (Fsp3) is 0.429. The number of hydrogen-bond acceptors (Lipinski definition) is 5. The minimum Gasteiger partial charge on any atom is -0.463 e. The summed E-state index contributed by atoms with van der Waals surface area (Å²) >= 11 is 0. The first-order valence-corrected chi connectivity index (χ1v) is 6.42. The Hall–Kier alpha value is -2.11. The molecular weight excluding hydrogens is 265 g/mol. The molecule has 20 heavy (non-hydrogen) atoms. The summed E-state index contributed by atoms with van der Waals surface area (Å²) in [6.07, 6.45) is -0.0771. The normalized spacial score (nSPS) is 11.8. The second-order valence-corrected chi connectivity index (χ2v) is 4.17. The third-order valence-electron chi connectivity index (χ3n) is 2.56. The fourth-order valence-electron chi connectivity index (χ4n) is 1.61. The average Bonchev–Trinajstić information content (AvgIpc) is 2.38. The molecule has 0 aliphatic carbocycles. The fourth-order valence-corrected chi connectivity index (χ4v) is 1.61. The van der Waals surface area contributed by atoms with Gasteiger partial charge >= 0.3 is 11.9 Å². The van der Waals surface area contributed by atoms with Crippen molar-refractivity contribution in [2.75, 3.05) is 12.3 Å². The van der Waals surface area contributed by atoms with Crippen molar-refractivity contribution < 1.29 is 23.5 Å². The first-order valence-electron chi connectivity index (χ1n) is 6.42. The first-order chi connectivity index (χ1) is 9.49. The Bertz CT molecular complexity index is 490. The number of halogens is 1. The predicted molar refractivity (Wildman–Crippen MR) is 71.6 cm³/mol. The van der Waals surface area contributed by atoms with Crippen molar-refractivity contribution in [3.63, 3.8) is 0 Å². The molecule has 2 N–H and O–H groups in total. The van der Waals surface area contributed by atoms with Gasteiger partial charge in [0.25, 0.3) is 0 Å². The monoisotopic (exact) mass is 283 g/mol. The molecule has 0 bridgehead atoms. The Balaban J connectivity index is 2.82. The zero-order valence-electron chi connectivity index (χ0n) is 11.5. The van der Waals surface area contributed by atoms with Crippen LogP contribution in [-0.2, 0) is 14.3 Å². The summed E-state index contributed by atoms with van der Waals surface area (Å²) in [4.78, 5) is 23.5. The molecule has 6 heteroatoms. The van der Waals surface area contributed by atoms with Crippen molar-refractivity contribution in [1.82, 2.24) is 0 Å². The van der Waals surface area contributed by atoms with E-state index in [1.807, 2.05) is 6.92 Å². The number of benzene rings is 1. The highest BCUT2D eigenvalue weighted by Crippen LogP contribution is 2.15. The molecule has 1 rings (SSSR count). The van der Waals surface area contributed by atoms with Gasteiger partial charge in [-0.25, -0.2) is 14.0 Å².